The van der Waals surface area contributed by atoms with Crippen LogP contribution in [0.5, 0.6) is 0 Å². The van der Waals surface area contributed by atoms with Crippen molar-refractivity contribution in [2.75, 3.05) is 5.43 Å². The van der Waals surface area contributed by atoms with Crippen molar-refractivity contribution in [3.8, 4) is 0 Å². The van der Waals surface area contributed by atoms with Crippen LogP contribution in [-0.4, -0.2) is 15.5 Å². The number of carbonyl (C=O) groups excluding carboxylic acids is 1. The number of fused-ring (bicyclic) bond motifs is 1. The van der Waals surface area contributed by atoms with E-state index in [1.54, 1.807) is 30.3 Å². The molecule has 0 saturated carbocycles. The van der Waals surface area contributed by atoms with Gasteiger partial charge in [0, 0.05) is 12.1 Å². The van der Waals surface area contributed by atoms with Gasteiger partial charge in [0.1, 0.15) is 0 Å². The third kappa shape index (κ3) is 2.99. The fourth-order valence-corrected chi connectivity index (χ4v) is 2.45. The van der Waals surface area contributed by atoms with Crippen molar-refractivity contribution in [1.82, 2.24) is 15.0 Å². The molecule has 1 amide bonds. The highest BCUT2D eigenvalue weighted by molar-refractivity contribution is 5.94. The fraction of sp³-hybridized carbons (Fsp3) is 0.167. The highest BCUT2D eigenvalue weighted by Gasteiger charge is 2.11. The molecular formula is C18H18N4O2. The summed E-state index contributed by atoms with van der Waals surface area (Å²) in [5.74, 6) is 0.0155. The van der Waals surface area contributed by atoms with Crippen LogP contribution < -0.4 is 16.4 Å². The smallest absolute Gasteiger partial charge is 0.269 e. The average Bonchev–Trinajstić information content (AvgIpc) is 2.60. The molecule has 0 aliphatic rings. The minimum absolute atomic E-state index is 0.143. The summed E-state index contributed by atoms with van der Waals surface area (Å²) in [6.07, 6.45) is 0. The number of anilines is 1. The van der Waals surface area contributed by atoms with E-state index in [1.165, 1.54) is 4.57 Å². The van der Waals surface area contributed by atoms with Crippen molar-refractivity contribution >= 4 is 22.8 Å². The molecule has 6 heteroatoms. The van der Waals surface area contributed by atoms with E-state index in [2.05, 4.69) is 15.8 Å². The van der Waals surface area contributed by atoms with Gasteiger partial charge in [-0.1, -0.05) is 29.8 Å². The van der Waals surface area contributed by atoms with Gasteiger partial charge in [-0.3, -0.25) is 25.0 Å². The van der Waals surface area contributed by atoms with E-state index >= 15 is 0 Å². The summed E-state index contributed by atoms with van der Waals surface area (Å²) < 4.78 is 1.48. The number of aryl methyl sites for hydroxylation is 1. The fourth-order valence-electron chi connectivity index (χ4n) is 2.45. The van der Waals surface area contributed by atoms with Crippen LogP contribution >= 0.6 is 0 Å². The number of carbonyl (C=O) groups is 1. The van der Waals surface area contributed by atoms with E-state index in [0.717, 1.165) is 5.56 Å². The van der Waals surface area contributed by atoms with Crippen LogP contribution in [0.4, 0.5) is 5.95 Å². The van der Waals surface area contributed by atoms with Gasteiger partial charge in [0.25, 0.3) is 11.5 Å². The van der Waals surface area contributed by atoms with Gasteiger partial charge < -0.3 is 0 Å². The Morgan fingerprint density at radius 1 is 1.12 bits per heavy atom. The molecule has 122 valence electrons. The van der Waals surface area contributed by atoms with Crippen LogP contribution in [0.25, 0.3) is 10.9 Å². The molecule has 3 aromatic rings. The lowest BCUT2D eigenvalue weighted by molar-refractivity contribution is 0.0962. The molecular weight excluding hydrogens is 304 g/mol. The predicted octanol–water partition coefficient (Wildman–Crippen LogP) is 2.48. The molecule has 1 aromatic heterocycles. The Balaban J connectivity index is 1.88. The summed E-state index contributed by atoms with van der Waals surface area (Å²) in [5, 5.41) is 0.551. The largest absolute Gasteiger partial charge is 0.277 e. The molecule has 0 aliphatic heterocycles. The second-order valence-corrected chi connectivity index (χ2v) is 5.45. The Morgan fingerprint density at radius 2 is 1.83 bits per heavy atom. The van der Waals surface area contributed by atoms with Gasteiger partial charge in [0.15, 0.2) is 0 Å². The number of para-hydroxylation sites is 1. The summed E-state index contributed by atoms with van der Waals surface area (Å²) in [4.78, 5) is 29.1. The van der Waals surface area contributed by atoms with Crippen LogP contribution in [0, 0.1) is 6.92 Å². The summed E-state index contributed by atoms with van der Waals surface area (Å²) >= 11 is 0. The molecule has 0 radical (unpaired) electrons. The zero-order chi connectivity index (χ0) is 17.1. The van der Waals surface area contributed by atoms with Crippen molar-refractivity contribution in [3.63, 3.8) is 0 Å². The molecule has 24 heavy (non-hydrogen) atoms. The maximum absolute atomic E-state index is 12.5. The number of benzene rings is 2. The first kappa shape index (κ1) is 15.7. The molecule has 3 rings (SSSR count). The Labute approximate surface area is 139 Å². The van der Waals surface area contributed by atoms with E-state index in [1.807, 2.05) is 32.0 Å². The summed E-state index contributed by atoms with van der Waals surface area (Å²) in [7, 11) is 0. The summed E-state index contributed by atoms with van der Waals surface area (Å²) in [5.41, 5.74) is 7.40. The molecule has 0 aliphatic carbocycles. The number of amides is 1. The standard InChI is InChI=1S/C18H18N4O2/c1-3-22-17(24)14-6-4-5-7-15(14)19-18(22)21-20-16(23)13-10-8-12(2)9-11-13/h4-11H,3H2,1-2H3,(H,19,21)(H,20,23). The van der Waals surface area contributed by atoms with Crippen LogP contribution in [0.3, 0.4) is 0 Å². The van der Waals surface area contributed by atoms with E-state index in [9.17, 15) is 9.59 Å². The monoisotopic (exact) mass is 322 g/mol. The van der Waals surface area contributed by atoms with Crippen molar-refractivity contribution in [2.24, 2.45) is 0 Å². The third-order valence-corrected chi connectivity index (χ3v) is 3.78. The van der Waals surface area contributed by atoms with E-state index < -0.39 is 0 Å². The number of hydrogen-bond donors (Lipinski definition) is 2. The summed E-state index contributed by atoms with van der Waals surface area (Å²) in [6.45, 7) is 4.25. The SMILES string of the molecule is CCn1c(NNC(=O)c2ccc(C)cc2)nc2ccccc2c1=O. The maximum atomic E-state index is 12.5. The van der Waals surface area contributed by atoms with Crippen molar-refractivity contribution in [3.05, 3.63) is 70.0 Å². The Kier molecular flexibility index (Phi) is 4.29. The normalized spacial score (nSPS) is 10.6. The first-order valence-corrected chi connectivity index (χ1v) is 7.72. The van der Waals surface area contributed by atoms with Crippen LogP contribution in [0.2, 0.25) is 0 Å². The lowest BCUT2D eigenvalue weighted by atomic mass is 10.1. The quantitative estimate of drug-likeness (QED) is 0.724. The van der Waals surface area contributed by atoms with Gasteiger partial charge in [-0.15, -0.1) is 0 Å². The Morgan fingerprint density at radius 3 is 2.54 bits per heavy atom. The molecule has 2 N–H and O–H groups in total. The zero-order valence-electron chi connectivity index (χ0n) is 13.5. The number of nitrogens with zero attached hydrogens (tertiary/aromatic N) is 2. The zero-order valence-corrected chi connectivity index (χ0v) is 13.5. The average molecular weight is 322 g/mol. The molecule has 6 nitrogen and oxygen atoms in total. The van der Waals surface area contributed by atoms with E-state index in [-0.39, 0.29) is 11.5 Å². The van der Waals surface area contributed by atoms with Gasteiger partial charge in [0.05, 0.1) is 10.9 Å². The summed E-state index contributed by atoms with van der Waals surface area (Å²) in [6, 6.07) is 14.4. The number of rotatable bonds is 4. The minimum atomic E-state index is -0.292. The molecule has 0 bridgehead atoms. The first-order chi connectivity index (χ1) is 11.6. The second kappa shape index (κ2) is 6.54. The highest BCUT2D eigenvalue weighted by Crippen LogP contribution is 2.10. The number of hydrazine groups is 1. The topological polar surface area (TPSA) is 76.0 Å². The molecule has 0 spiro atoms. The lowest BCUT2D eigenvalue weighted by Crippen LogP contribution is -2.34. The van der Waals surface area contributed by atoms with Gasteiger partial charge >= 0.3 is 0 Å². The lowest BCUT2D eigenvalue weighted by Gasteiger charge is -2.14. The minimum Gasteiger partial charge on any atom is -0.277 e. The van der Waals surface area contributed by atoms with E-state index in [4.69, 9.17) is 0 Å². The molecule has 2 aromatic carbocycles. The van der Waals surface area contributed by atoms with Gasteiger partial charge in [-0.25, -0.2) is 4.98 Å². The van der Waals surface area contributed by atoms with Crippen LogP contribution in [-0.2, 0) is 6.54 Å². The van der Waals surface area contributed by atoms with Crippen molar-refractivity contribution < 1.29 is 4.79 Å². The molecule has 0 saturated heterocycles. The Hall–Kier alpha value is -3.15. The number of hydrogen-bond acceptors (Lipinski definition) is 4. The van der Waals surface area contributed by atoms with Crippen LogP contribution in [0.15, 0.2) is 53.3 Å². The van der Waals surface area contributed by atoms with Gasteiger partial charge in [0.2, 0.25) is 5.95 Å². The van der Waals surface area contributed by atoms with Crippen molar-refractivity contribution in [1.29, 1.82) is 0 Å². The number of nitrogens with one attached hydrogen (secondary N) is 2. The number of aromatic nitrogens is 2. The van der Waals surface area contributed by atoms with Gasteiger partial charge in [-0.2, -0.15) is 0 Å². The first-order valence-electron chi connectivity index (χ1n) is 7.72. The van der Waals surface area contributed by atoms with Gasteiger partial charge in [-0.05, 0) is 38.1 Å². The maximum Gasteiger partial charge on any atom is 0.269 e. The Bertz CT molecular complexity index is 945. The molecule has 0 atom stereocenters. The predicted molar refractivity (Wildman–Crippen MR) is 93.9 cm³/mol. The highest BCUT2D eigenvalue weighted by atomic mass is 16.2. The third-order valence-electron chi connectivity index (χ3n) is 3.78. The van der Waals surface area contributed by atoms with Crippen LogP contribution in [0.1, 0.15) is 22.8 Å². The van der Waals surface area contributed by atoms with E-state index in [0.29, 0.717) is 29.0 Å². The van der Waals surface area contributed by atoms with Crippen molar-refractivity contribution in [2.45, 2.75) is 20.4 Å². The molecule has 0 fully saturated rings. The molecule has 1 heterocycles. The second-order valence-electron chi connectivity index (χ2n) is 5.45. The molecule has 0 unspecified atom stereocenters.